The summed E-state index contributed by atoms with van der Waals surface area (Å²) in [5.41, 5.74) is 7.74. The van der Waals surface area contributed by atoms with Crippen LogP contribution in [0.4, 0.5) is 17.1 Å². The van der Waals surface area contributed by atoms with Crippen LogP contribution in [0.1, 0.15) is 0 Å². The van der Waals surface area contributed by atoms with E-state index in [4.69, 9.17) is 19.7 Å². The quantitative estimate of drug-likeness (QED) is 0.156. The van der Waals surface area contributed by atoms with Crippen molar-refractivity contribution in [3.05, 3.63) is 194 Å². The van der Waals surface area contributed by atoms with Crippen molar-refractivity contribution in [3.8, 4) is 56.8 Å². The Labute approximate surface area is 291 Å². The van der Waals surface area contributed by atoms with Crippen molar-refractivity contribution in [1.29, 1.82) is 0 Å². The Kier molecular flexibility index (Phi) is 8.60. The molecule has 0 fully saturated rings. The molecule has 0 aliphatic rings. The van der Waals surface area contributed by atoms with Crippen LogP contribution in [0.15, 0.2) is 194 Å². The zero-order chi connectivity index (χ0) is 33.5. The number of ether oxygens (including phenoxy) is 1. The third-order valence-corrected chi connectivity index (χ3v) is 8.40. The smallest absolute Gasteiger partial charge is 0.167 e. The summed E-state index contributed by atoms with van der Waals surface area (Å²) in [6.45, 7) is 0. The molecular formula is C45H32N4O. The summed E-state index contributed by atoms with van der Waals surface area (Å²) in [6.07, 6.45) is 0. The maximum absolute atomic E-state index is 6.87. The van der Waals surface area contributed by atoms with Gasteiger partial charge in [0.25, 0.3) is 0 Å². The second-order valence-electron chi connectivity index (χ2n) is 11.7. The molecule has 0 saturated heterocycles. The van der Waals surface area contributed by atoms with Crippen LogP contribution in [0, 0.1) is 0 Å². The van der Waals surface area contributed by atoms with E-state index < -0.39 is 0 Å². The van der Waals surface area contributed by atoms with E-state index >= 15 is 0 Å². The van der Waals surface area contributed by atoms with Gasteiger partial charge in [0.15, 0.2) is 17.5 Å². The predicted octanol–water partition coefficient (Wildman–Crippen LogP) is 11.8. The summed E-state index contributed by atoms with van der Waals surface area (Å²) in [5.74, 6) is 3.09. The van der Waals surface area contributed by atoms with Crippen LogP contribution in [0.2, 0.25) is 0 Å². The molecular weight excluding hydrogens is 613 g/mol. The number of hydrogen-bond acceptors (Lipinski definition) is 5. The van der Waals surface area contributed by atoms with Crippen LogP contribution in [0.3, 0.4) is 0 Å². The highest BCUT2D eigenvalue weighted by Crippen LogP contribution is 2.44. The van der Waals surface area contributed by atoms with Crippen LogP contribution in [-0.4, -0.2) is 15.0 Å². The van der Waals surface area contributed by atoms with E-state index in [-0.39, 0.29) is 0 Å². The minimum Gasteiger partial charge on any atom is -0.456 e. The highest BCUT2D eigenvalue weighted by atomic mass is 16.5. The molecule has 7 aromatic carbocycles. The van der Waals surface area contributed by atoms with Gasteiger partial charge in [-0.25, -0.2) is 15.0 Å². The minimum absolute atomic E-state index is 0.533. The molecule has 50 heavy (non-hydrogen) atoms. The lowest BCUT2D eigenvalue weighted by molar-refractivity contribution is 0.486. The molecule has 0 saturated carbocycles. The van der Waals surface area contributed by atoms with Gasteiger partial charge in [-0.3, -0.25) is 0 Å². The van der Waals surface area contributed by atoms with Gasteiger partial charge in [-0.15, -0.1) is 0 Å². The van der Waals surface area contributed by atoms with Gasteiger partial charge in [0.1, 0.15) is 11.5 Å². The Morgan fingerprint density at radius 2 is 0.700 bits per heavy atom. The van der Waals surface area contributed by atoms with E-state index in [1.807, 2.05) is 115 Å². The van der Waals surface area contributed by atoms with Crippen LogP contribution in [0.25, 0.3) is 45.3 Å². The number of para-hydroxylation sites is 5. The topological polar surface area (TPSA) is 51.1 Å². The Morgan fingerprint density at radius 3 is 1.24 bits per heavy atom. The second kappa shape index (κ2) is 14.1. The van der Waals surface area contributed by atoms with Gasteiger partial charge in [0, 0.05) is 33.6 Å². The summed E-state index contributed by atoms with van der Waals surface area (Å²) < 4.78 is 6.87. The highest BCUT2D eigenvalue weighted by molar-refractivity contribution is 5.90. The summed E-state index contributed by atoms with van der Waals surface area (Å²) in [5, 5.41) is 0. The van der Waals surface area contributed by atoms with Crippen LogP contribution in [0.5, 0.6) is 11.5 Å². The van der Waals surface area contributed by atoms with Crippen LogP contribution in [-0.2, 0) is 0 Å². The maximum atomic E-state index is 6.87. The summed E-state index contributed by atoms with van der Waals surface area (Å²) in [6, 6.07) is 65.4. The van der Waals surface area contributed by atoms with E-state index in [1.165, 1.54) is 0 Å². The Hall–Kier alpha value is -6.85. The number of nitrogens with zero attached hydrogens (tertiary/aromatic N) is 4. The molecule has 0 unspecified atom stereocenters. The first kappa shape index (κ1) is 30.5. The fourth-order valence-electron chi connectivity index (χ4n) is 6.04. The Balaban J connectivity index is 1.24. The molecule has 0 radical (unpaired) electrons. The average Bonchev–Trinajstić information content (AvgIpc) is 3.20. The fourth-order valence-corrected chi connectivity index (χ4v) is 6.04. The van der Waals surface area contributed by atoms with Crippen molar-refractivity contribution in [2.24, 2.45) is 0 Å². The largest absolute Gasteiger partial charge is 0.456 e. The summed E-state index contributed by atoms with van der Waals surface area (Å²) in [7, 11) is 0. The van der Waals surface area contributed by atoms with Gasteiger partial charge in [0.05, 0.1) is 11.3 Å². The molecule has 0 aliphatic heterocycles. The first-order chi connectivity index (χ1) is 24.8. The van der Waals surface area contributed by atoms with Gasteiger partial charge in [-0.1, -0.05) is 146 Å². The molecule has 1 aromatic heterocycles. The molecule has 5 nitrogen and oxygen atoms in total. The lowest BCUT2D eigenvalue weighted by Gasteiger charge is -2.28. The number of aromatic nitrogens is 3. The van der Waals surface area contributed by atoms with Gasteiger partial charge in [0.2, 0.25) is 0 Å². The third kappa shape index (κ3) is 6.36. The molecule has 5 heteroatoms. The third-order valence-electron chi connectivity index (χ3n) is 8.40. The zero-order valence-corrected chi connectivity index (χ0v) is 27.2. The van der Waals surface area contributed by atoms with Crippen molar-refractivity contribution >= 4 is 17.1 Å². The van der Waals surface area contributed by atoms with Crippen molar-refractivity contribution in [3.63, 3.8) is 0 Å². The van der Waals surface area contributed by atoms with Gasteiger partial charge >= 0.3 is 0 Å². The SMILES string of the molecule is c1ccc(-c2nc(-c3ccccc3)nc(-c3ccccc3Oc3ccccc3-c3ccccc3N(c3ccccc3)c3ccccc3)n2)cc1. The molecule has 8 aromatic rings. The normalized spacial score (nSPS) is 10.8. The van der Waals surface area contributed by atoms with E-state index in [2.05, 4.69) is 83.8 Å². The molecule has 238 valence electrons. The molecule has 0 amide bonds. The summed E-state index contributed by atoms with van der Waals surface area (Å²) in [4.78, 5) is 17.1. The second-order valence-corrected chi connectivity index (χ2v) is 11.7. The minimum atomic E-state index is 0.533. The van der Waals surface area contributed by atoms with Crippen LogP contribution >= 0.6 is 0 Å². The Bertz CT molecular complexity index is 2250. The highest BCUT2D eigenvalue weighted by Gasteiger charge is 2.20. The van der Waals surface area contributed by atoms with E-state index in [0.717, 1.165) is 44.9 Å². The molecule has 8 rings (SSSR count). The number of rotatable bonds is 9. The number of hydrogen-bond donors (Lipinski definition) is 0. The van der Waals surface area contributed by atoms with E-state index in [1.54, 1.807) is 0 Å². The standard InChI is InChI=1S/C45H32N4O/c1-5-19-33(20-6-1)43-46-44(34-21-7-2-8-22-34)48-45(47-43)39-29-15-18-32-42(39)50-41-31-17-14-28-38(41)37-27-13-16-30-40(37)49(35-23-9-3-10-24-35)36-25-11-4-12-26-36/h1-32H. The first-order valence-corrected chi connectivity index (χ1v) is 16.5. The monoisotopic (exact) mass is 644 g/mol. The average molecular weight is 645 g/mol. The lowest BCUT2D eigenvalue weighted by Crippen LogP contribution is -2.11. The van der Waals surface area contributed by atoms with E-state index in [9.17, 15) is 0 Å². The lowest BCUT2D eigenvalue weighted by atomic mass is 10.0. The zero-order valence-electron chi connectivity index (χ0n) is 27.2. The van der Waals surface area contributed by atoms with Crippen molar-refractivity contribution in [2.45, 2.75) is 0 Å². The predicted molar refractivity (Wildman–Crippen MR) is 203 cm³/mol. The van der Waals surface area contributed by atoms with Gasteiger partial charge in [-0.05, 0) is 48.5 Å². The van der Waals surface area contributed by atoms with E-state index in [0.29, 0.717) is 29.0 Å². The molecule has 0 N–H and O–H groups in total. The fraction of sp³-hybridized carbons (Fsp3) is 0. The van der Waals surface area contributed by atoms with Crippen LogP contribution < -0.4 is 9.64 Å². The number of benzene rings is 7. The maximum Gasteiger partial charge on any atom is 0.167 e. The number of anilines is 3. The van der Waals surface area contributed by atoms with Crippen molar-refractivity contribution in [1.82, 2.24) is 15.0 Å². The van der Waals surface area contributed by atoms with Gasteiger partial charge in [-0.2, -0.15) is 0 Å². The summed E-state index contributed by atoms with van der Waals surface area (Å²) >= 11 is 0. The molecule has 0 aliphatic carbocycles. The van der Waals surface area contributed by atoms with Crippen molar-refractivity contribution < 1.29 is 4.74 Å². The molecule has 1 heterocycles. The first-order valence-electron chi connectivity index (χ1n) is 16.5. The Morgan fingerprint density at radius 1 is 0.320 bits per heavy atom. The molecule has 0 atom stereocenters. The van der Waals surface area contributed by atoms with Crippen molar-refractivity contribution in [2.75, 3.05) is 4.90 Å². The van der Waals surface area contributed by atoms with Gasteiger partial charge < -0.3 is 9.64 Å². The molecule has 0 spiro atoms. The molecule has 0 bridgehead atoms.